The molecule has 0 aliphatic carbocycles. The largest absolute Gasteiger partial charge is 0.239 e. The molecule has 1 atom stereocenters. The summed E-state index contributed by atoms with van der Waals surface area (Å²) in [5.74, 6) is 0.102. The van der Waals surface area contributed by atoms with Crippen LogP contribution in [-0.2, 0) is 0 Å². The van der Waals surface area contributed by atoms with Gasteiger partial charge in [0.2, 0.25) is 5.82 Å². The lowest BCUT2D eigenvalue weighted by molar-refractivity contribution is 0.356. The first kappa shape index (κ1) is 5.14. The van der Waals surface area contributed by atoms with Gasteiger partial charge in [0.1, 0.15) is 0 Å². The fourth-order valence-corrected chi connectivity index (χ4v) is 0.338. The molecule has 4 nitrogen and oxygen atoms in total. The quantitative estimate of drug-likeness (QED) is 0.571. The molecule has 0 aromatic carbocycles. The van der Waals surface area contributed by atoms with Crippen LogP contribution in [0.15, 0.2) is 0 Å². The van der Waals surface area contributed by atoms with Crippen molar-refractivity contribution >= 4 is 0 Å². The minimum atomic E-state index is -1.13. The number of halogens is 1. The van der Waals surface area contributed by atoms with E-state index in [-0.39, 0.29) is 5.82 Å². The molecule has 5 heteroatoms. The molecule has 1 N–H and O–H groups in total. The number of hydrogen-bond acceptors (Lipinski definition) is 3. The Morgan fingerprint density at radius 2 is 2.50 bits per heavy atom. The highest BCUT2D eigenvalue weighted by atomic mass is 19.1. The molecule has 1 aromatic rings. The van der Waals surface area contributed by atoms with Crippen LogP contribution in [0.2, 0.25) is 0 Å². The summed E-state index contributed by atoms with van der Waals surface area (Å²) in [6.45, 7) is 1.35. The van der Waals surface area contributed by atoms with Crippen LogP contribution in [0.25, 0.3) is 0 Å². The molecule has 0 fully saturated rings. The Labute approximate surface area is 45.1 Å². The van der Waals surface area contributed by atoms with Gasteiger partial charge in [0.05, 0.1) is 0 Å². The third-order valence-corrected chi connectivity index (χ3v) is 0.718. The van der Waals surface area contributed by atoms with Crippen LogP contribution in [0.1, 0.15) is 18.9 Å². The maximum Gasteiger partial charge on any atom is 0.208 e. The summed E-state index contributed by atoms with van der Waals surface area (Å²) < 4.78 is 12.1. The van der Waals surface area contributed by atoms with Crippen molar-refractivity contribution in [3.05, 3.63) is 5.82 Å². The van der Waals surface area contributed by atoms with Crippen molar-refractivity contribution in [2.24, 2.45) is 0 Å². The summed E-state index contributed by atoms with van der Waals surface area (Å²) in [4.78, 5) is 0. The molecule has 0 amide bonds. The minimum Gasteiger partial charge on any atom is -0.239 e. The lowest BCUT2D eigenvalue weighted by Crippen LogP contribution is -1.87. The fourth-order valence-electron chi connectivity index (χ4n) is 0.338. The molecular formula is C3H5FN4. The lowest BCUT2D eigenvalue weighted by atomic mass is 10.4. The highest BCUT2D eigenvalue weighted by molar-refractivity contribution is 4.79. The summed E-state index contributed by atoms with van der Waals surface area (Å²) in [5, 5.41) is 12.1. The zero-order chi connectivity index (χ0) is 5.98. The fraction of sp³-hybridized carbons (Fsp3) is 0.667. The number of aromatic nitrogens is 4. The standard InChI is InChI=1S/C3H5FN4/c1-2(4)3-5-7-8-6-3/h2H,1H3,(H,5,6,7,8). The molecular weight excluding hydrogens is 111 g/mol. The van der Waals surface area contributed by atoms with Gasteiger partial charge in [-0.3, -0.25) is 0 Å². The summed E-state index contributed by atoms with van der Waals surface area (Å²) in [5.41, 5.74) is 0. The Morgan fingerprint density at radius 1 is 1.75 bits per heavy atom. The van der Waals surface area contributed by atoms with Crippen molar-refractivity contribution in [1.82, 2.24) is 20.6 Å². The number of H-pyrrole nitrogens is 1. The van der Waals surface area contributed by atoms with Crippen LogP contribution in [0.4, 0.5) is 4.39 Å². The molecule has 1 heterocycles. The lowest BCUT2D eigenvalue weighted by Gasteiger charge is -1.86. The second kappa shape index (κ2) is 1.85. The van der Waals surface area contributed by atoms with E-state index in [1.807, 2.05) is 0 Å². The Hall–Kier alpha value is -1.00. The molecule has 1 unspecified atom stereocenters. The number of rotatable bonds is 1. The van der Waals surface area contributed by atoms with Crippen LogP contribution >= 0.6 is 0 Å². The second-order valence-electron chi connectivity index (χ2n) is 1.39. The first-order valence-corrected chi connectivity index (χ1v) is 2.18. The van der Waals surface area contributed by atoms with E-state index in [4.69, 9.17) is 0 Å². The first-order chi connectivity index (χ1) is 3.80. The zero-order valence-corrected chi connectivity index (χ0v) is 4.30. The van der Waals surface area contributed by atoms with Gasteiger partial charge in [0.15, 0.2) is 6.17 Å². The van der Waals surface area contributed by atoms with Crippen LogP contribution in [0.5, 0.6) is 0 Å². The minimum absolute atomic E-state index is 0.102. The van der Waals surface area contributed by atoms with E-state index in [2.05, 4.69) is 20.6 Å². The number of alkyl halides is 1. The summed E-state index contributed by atoms with van der Waals surface area (Å²) >= 11 is 0. The average Bonchev–Trinajstić information content (AvgIpc) is 2.12. The number of tetrazole rings is 1. The number of nitrogens with one attached hydrogen (secondary N) is 1. The van der Waals surface area contributed by atoms with Crippen molar-refractivity contribution in [2.45, 2.75) is 13.1 Å². The molecule has 0 aliphatic heterocycles. The van der Waals surface area contributed by atoms with E-state index >= 15 is 0 Å². The van der Waals surface area contributed by atoms with Gasteiger partial charge in [0, 0.05) is 0 Å². The third-order valence-electron chi connectivity index (χ3n) is 0.718. The molecule has 1 rings (SSSR count). The highest BCUT2D eigenvalue weighted by Gasteiger charge is 2.05. The topological polar surface area (TPSA) is 54.5 Å². The van der Waals surface area contributed by atoms with Crippen molar-refractivity contribution < 1.29 is 4.39 Å². The molecule has 0 saturated heterocycles. The Kier molecular flexibility index (Phi) is 1.19. The number of hydrogen-bond donors (Lipinski definition) is 1. The normalized spacial score (nSPS) is 13.8. The predicted molar refractivity (Wildman–Crippen MR) is 23.7 cm³/mol. The molecule has 0 spiro atoms. The van der Waals surface area contributed by atoms with Crippen LogP contribution in [0.3, 0.4) is 0 Å². The first-order valence-electron chi connectivity index (χ1n) is 2.18. The maximum atomic E-state index is 12.1. The zero-order valence-electron chi connectivity index (χ0n) is 4.30. The smallest absolute Gasteiger partial charge is 0.208 e. The maximum absolute atomic E-state index is 12.1. The number of aromatic amines is 1. The predicted octanol–water partition coefficient (Wildman–Crippen LogP) is 0.230. The Morgan fingerprint density at radius 3 is 2.75 bits per heavy atom. The second-order valence-corrected chi connectivity index (χ2v) is 1.39. The van der Waals surface area contributed by atoms with E-state index in [1.54, 1.807) is 0 Å². The number of nitrogens with zero attached hydrogens (tertiary/aromatic N) is 3. The van der Waals surface area contributed by atoms with Crippen LogP contribution < -0.4 is 0 Å². The molecule has 8 heavy (non-hydrogen) atoms. The van der Waals surface area contributed by atoms with E-state index in [9.17, 15) is 4.39 Å². The molecule has 0 saturated carbocycles. The summed E-state index contributed by atoms with van der Waals surface area (Å²) in [7, 11) is 0. The van der Waals surface area contributed by atoms with Crippen molar-refractivity contribution in [1.29, 1.82) is 0 Å². The van der Waals surface area contributed by atoms with Crippen LogP contribution in [0, 0.1) is 0 Å². The van der Waals surface area contributed by atoms with Gasteiger partial charge in [0.25, 0.3) is 0 Å². The summed E-state index contributed by atoms with van der Waals surface area (Å²) in [6, 6.07) is 0. The van der Waals surface area contributed by atoms with Gasteiger partial charge in [-0.15, -0.1) is 10.2 Å². The molecule has 1 aromatic heterocycles. The molecule has 0 aliphatic rings. The summed E-state index contributed by atoms with van der Waals surface area (Å²) in [6.07, 6.45) is -1.13. The van der Waals surface area contributed by atoms with E-state index in [0.29, 0.717) is 0 Å². The third kappa shape index (κ3) is 0.800. The SMILES string of the molecule is CC(F)c1nn[nH]n1. The van der Waals surface area contributed by atoms with Crippen molar-refractivity contribution in [3.8, 4) is 0 Å². The monoisotopic (exact) mass is 116 g/mol. The van der Waals surface area contributed by atoms with Gasteiger partial charge in [-0.05, 0) is 6.92 Å². The highest BCUT2D eigenvalue weighted by Crippen LogP contribution is 2.06. The van der Waals surface area contributed by atoms with Gasteiger partial charge in [-0.25, -0.2) is 4.39 Å². The average molecular weight is 116 g/mol. The van der Waals surface area contributed by atoms with Crippen molar-refractivity contribution in [2.75, 3.05) is 0 Å². The van der Waals surface area contributed by atoms with Gasteiger partial charge in [-0.1, -0.05) is 5.21 Å². The van der Waals surface area contributed by atoms with Gasteiger partial charge < -0.3 is 0 Å². The molecule has 44 valence electrons. The van der Waals surface area contributed by atoms with Crippen LogP contribution in [-0.4, -0.2) is 20.6 Å². The molecule has 0 radical (unpaired) electrons. The van der Waals surface area contributed by atoms with Gasteiger partial charge in [-0.2, -0.15) is 5.21 Å². The molecule has 0 bridgehead atoms. The van der Waals surface area contributed by atoms with E-state index in [1.165, 1.54) is 6.92 Å². The van der Waals surface area contributed by atoms with Crippen molar-refractivity contribution in [3.63, 3.8) is 0 Å². The Balaban J connectivity index is 2.77. The van der Waals surface area contributed by atoms with E-state index < -0.39 is 6.17 Å². The van der Waals surface area contributed by atoms with E-state index in [0.717, 1.165) is 0 Å². The van der Waals surface area contributed by atoms with Gasteiger partial charge >= 0.3 is 0 Å². The Bertz CT molecular complexity index is 146.